The molecule has 0 radical (unpaired) electrons. The maximum Gasteiger partial charge on any atom is 0.0739 e. The molecule has 0 aliphatic rings. The number of nitrogens with one attached hydrogen (secondary N) is 1. The quantitative estimate of drug-likeness (QED) is 0.815. The maximum absolute atomic E-state index is 5.45. The molecule has 0 spiro atoms. The summed E-state index contributed by atoms with van der Waals surface area (Å²) in [5.74, 6) is 0. The Kier molecular flexibility index (Phi) is 5.44. The monoisotopic (exact) mass is 289 g/mol. The van der Waals surface area contributed by atoms with Gasteiger partial charge in [0.05, 0.1) is 28.6 Å². The highest BCUT2D eigenvalue weighted by atomic mass is 79.9. The van der Waals surface area contributed by atoms with Crippen LogP contribution in [0, 0.1) is 6.92 Å². The van der Waals surface area contributed by atoms with Crippen LogP contribution in [0.15, 0.2) is 4.47 Å². The molecule has 5 heteroatoms. The molecule has 0 saturated heterocycles. The zero-order chi connectivity index (χ0) is 12.1. The molecule has 92 valence electrons. The van der Waals surface area contributed by atoms with Gasteiger partial charge < -0.3 is 10.1 Å². The summed E-state index contributed by atoms with van der Waals surface area (Å²) < 4.78 is 8.44. The van der Waals surface area contributed by atoms with Crippen LogP contribution in [0.5, 0.6) is 0 Å². The minimum atomic E-state index is 0.299. The normalized spacial score (nSPS) is 11.4. The molecule has 1 N–H and O–H groups in total. The first-order valence-electron chi connectivity index (χ1n) is 5.52. The average Bonchev–Trinajstić information content (AvgIpc) is 2.43. The van der Waals surface area contributed by atoms with Gasteiger partial charge in [-0.15, -0.1) is 0 Å². The zero-order valence-corrected chi connectivity index (χ0v) is 12.0. The van der Waals surface area contributed by atoms with Crippen molar-refractivity contribution in [1.82, 2.24) is 15.1 Å². The summed E-state index contributed by atoms with van der Waals surface area (Å²) in [7, 11) is 1.96. The SMILES string of the molecule is Cc1nn(C)c(CNCCOC(C)C)c1Br. The molecule has 0 unspecified atom stereocenters. The summed E-state index contributed by atoms with van der Waals surface area (Å²) in [5.41, 5.74) is 2.19. The Hall–Kier alpha value is -0.390. The average molecular weight is 290 g/mol. The molecule has 0 bridgehead atoms. The van der Waals surface area contributed by atoms with Crippen molar-refractivity contribution in [3.8, 4) is 0 Å². The second-order valence-corrected chi connectivity index (χ2v) is 4.86. The molecule has 0 aromatic carbocycles. The highest BCUT2D eigenvalue weighted by Crippen LogP contribution is 2.19. The van der Waals surface area contributed by atoms with Gasteiger partial charge in [0, 0.05) is 20.1 Å². The van der Waals surface area contributed by atoms with Crippen molar-refractivity contribution < 1.29 is 4.74 Å². The molecule has 0 amide bonds. The first kappa shape index (κ1) is 13.7. The highest BCUT2D eigenvalue weighted by Gasteiger charge is 2.09. The minimum absolute atomic E-state index is 0.299. The molecule has 0 saturated carbocycles. The van der Waals surface area contributed by atoms with Crippen LogP contribution in [0.25, 0.3) is 0 Å². The van der Waals surface area contributed by atoms with E-state index in [9.17, 15) is 0 Å². The maximum atomic E-state index is 5.45. The summed E-state index contributed by atoms with van der Waals surface area (Å²) >= 11 is 3.54. The predicted octanol–water partition coefficient (Wildman–Crippen LogP) is 2.01. The number of ether oxygens (including phenoxy) is 1. The molecule has 0 aliphatic carbocycles. The Morgan fingerprint density at radius 2 is 2.19 bits per heavy atom. The molecular weight excluding hydrogens is 270 g/mol. The van der Waals surface area contributed by atoms with Crippen molar-refractivity contribution in [3.63, 3.8) is 0 Å². The fraction of sp³-hybridized carbons (Fsp3) is 0.727. The Bertz CT molecular complexity index is 336. The molecule has 0 fully saturated rings. The number of halogens is 1. The Morgan fingerprint density at radius 1 is 1.50 bits per heavy atom. The van der Waals surface area contributed by atoms with E-state index in [2.05, 4.69) is 26.3 Å². The van der Waals surface area contributed by atoms with E-state index in [1.165, 1.54) is 5.69 Å². The molecule has 0 atom stereocenters. The van der Waals surface area contributed by atoms with E-state index in [4.69, 9.17) is 4.74 Å². The van der Waals surface area contributed by atoms with E-state index in [1.807, 2.05) is 32.5 Å². The van der Waals surface area contributed by atoms with Crippen molar-refractivity contribution >= 4 is 15.9 Å². The summed E-state index contributed by atoms with van der Waals surface area (Å²) in [4.78, 5) is 0. The topological polar surface area (TPSA) is 39.1 Å². The van der Waals surface area contributed by atoms with Crippen LogP contribution in [0.1, 0.15) is 25.2 Å². The van der Waals surface area contributed by atoms with Crippen molar-refractivity contribution in [1.29, 1.82) is 0 Å². The second-order valence-electron chi connectivity index (χ2n) is 4.07. The van der Waals surface area contributed by atoms with Gasteiger partial charge in [0.1, 0.15) is 0 Å². The van der Waals surface area contributed by atoms with Gasteiger partial charge in [-0.05, 0) is 36.7 Å². The molecular formula is C11H20BrN3O. The van der Waals surface area contributed by atoms with Gasteiger partial charge in [0.25, 0.3) is 0 Å². The van der Waals surface area contributed by atoms with Gasteiger partial charge in [-0.1, -0.05) is 0 Å². The van der Waals surface area contributed by atoms with Gasteiger partial charge in [0.15, 0.2) is 0 Å². The van der Waals surface area contributed by atoms with Gasteiger partial charge in [0.2, 0.25) is 0 Å². The lowest BCUT2D eigenvalue weighted by Gasteiger charge is -2.09. The predicted molar refractivity (Wildman–Crippen MR) is 68.4 cm³/mol. The number of hydrogen-bond acceptors (Lipinski definition) is 3. The van der Waals surface area contributed by atoms with E-state index in [-0.39, 0.29) is 0 Å². The molecule has 1 aromatic heterocycles. The highest BCUT2D eigenvalue weighted by molar-refractivity contribution is 9.10. The molecule has 1 aromatic rings. The molecule has 16 heavy (non-hydrogen) atoms. The van der Waals surface area contributed by atoms with Crippen LogP contribution >= 0.6 is 15.9 Å². The Labute approximate surface area is 105 Å². The van der Waals surface area contributed by atoms with Gasteiger partial charge in [-0.3, -0.25) is 4.68 Å². The lowest BCUT2D eigenvalue weighted by Crippen LogP contribution is -2.22. The van der Waals surface area contributed by atoms with Crippen molar-refractivity contribution in [2.24, 2.45) is 7.05 Å². The van der Waals surface area contributed by atoms with Crippen LogP contribution in [-0.2, 0) is 18.3 Å². The standard InChI is InChI=1S/C11H20BrN3O/c1-8(2)16-6-5-13-7-10-11(12)9(3)14-15(10)4/h8,13H,5-7H2,1-4H3. The summed E-state index contributed by atoms with van der Waals surface area (Å²) in [6.07, 6.45) is 0.299. The lowest BCUT2D eigenvalue weighted by molar-refractivity contribution is 0.0806. The lowest BCUT2D eigenvalue weighted by atomic mass is 10.3. The number of rotatable bonds is 6. The van der Waals surface area contributed by atoms with Crippen LogP contribution in [0.2, 0.25) is 0 Å². The van der Waals surface area contributed by atoms with E-state index in [0.717, 1.165) is 29.9 Å². The zero-order valence-electron chi connectivity index (χ0n) is 10.4. The third-order valence-corrected chi connectivity index (χ3v) is 3.32. The van der Waals surface area contributed by atoms with Crippen LogP contribution in [0.4, 0.5) is 0 Å². The second kappa shape index (κ2) is 6.37. The van der Waals surface area contributed by atoms with Gasteiger partial charge in [-0.25, -0.2) is 0 Å². The smallest absolute Gasteiger partial charge is 0.0739 e. The van der Waals surface area contributed by atoms with E-state index < -0.39 is 0 Å². The summed E-state index contributed by atoms with van der Waals surface area (Å²) in [5, 5.41) is 7.67. The van der Waals surface area contributed by atoms with E-state index >= 15 is 0 Å². The van der Waals surface area contributed by atoms with E-state index in [0.29, 0.717) is 6.10 Å². The van der Waals surface area contributed by atoms with E-state index in [1.54, 1.807) is 0 Å². The van der Waals surface area contributed by atoms with Crippen LogP contribution < -0.4 is 5.32 Å². The van der Waals surface area contributed by atoms with Gasteiger partial charge >= 0.3 is 0 Å². The Morgan fingerprint density at radius 3 is 2.69 bits per heavy atom. The Balaban J connectivity index is 2.32. The minimum Gasteiger partial charge on any atom is -0.377 e. The molecule has 0 aliphatic heterocycles. The fourth-order valence-electron chi connectivity index (χ4n) is 1.45. The first-order chi connectivity index (χ1) is 7.52. The van der Waals surface area contributed by atoms with Crippen molar-refractivity contribution in [2.75, 3.05) is 13.2 Å². The van der Waals surface area contributed by atoms with Crippen molar-refractivity contribution in [3.05, 3.63) is 15.9 Å². The van der Waals surface area contributed by atoms with Gasteiger partial charge in [-0.2, -0.15) is 5.10 Å². The fourth-order valence-corrected chi connectivity index (χ4v) is 1.92. The third kappa shape index (κ3) is 3.88. The molecule has 4 nitrogen and oxygen atoms in total. The van der Waals surface area contributed by atoms with Crippen molar-refractivity contribution in [2.45, 2.75) is 33.4 Å². The summed E-state index contributed by atoms with van der Waals surface area (Å²) in [6.45, 7) is 8.48. The van der Waals surface area contributed by atoms with Crippen LogP contribution in [-0.4, -0.2) is 29.0 Å². The molecule has 1 rings (SSSR count). The number of aromatic nitrogens is 2. The third-order valence-electron chi connectivity index (χ3n) is 2.28. The largest absolute Gasteiger partial charge is 0.377 e. The molecule has 1 heterocycles. The summed E-state index contributed by atoms with van der Waals surface area (Å²) in [6, 6.07) is 0. The number of nitrogens with zero attached hydrogens (tertiary/aromatic N) is 2. The van der Waals surface area contributed by atoms with Crippen LogP contribution in [0.3, 0.4) is 0 Å². The number of aryl methyl sites for hydroxylation is 2. The number of hydrogen-bond donors (Lipinski definition) is 1. The first-order valence-corrected chi connectivity index (χ1v) is 6.32.